The minimum atomic E-state index is 0. The van der Waals surface area contributed by atoms with Gasteiger partial charge in [0.2, 0.25) is 0 Å². The smallest absolute Gasteiger partial charge is 0.128 e. The molecule has 1 unspecified atom stereocenters. The number of aromatic amines is 2. The Kier molecular flexibility index (Phi) is 3.02. The molecular formula is C20H19N4O2P. The average Bonchev–Trinajstić information content (AvgIpc) is 3.37. The van der Waals surface area contributed by atoms with E-state index < -0.39 is 0 Å². The van der Waals surface area contributed by atoms with Crippen molar-refractivity contribution >= 4 is 14.8 Å². The molecule has 2 aliphatic rings. The van der Waals surface area contributed by atoms with Gasteiger partial charge in [0.1, 0.15) is 30.3 Å². The van der Waals surface area contributed by atoms with Gasteiger partial charge in [0, 0.05) is 36.2 Å². The zero-order valence-corrected chi connectivity index (χ0v) is 15.4. The summed E-state index contributed by atoms with van der Waals surface area (Å²) in [4.78, 5) is 14.8. The number of benzene rings is 2. The van der Waals surface area contributed by atoms with Crippen LogP contribution in [0.3, 0.4) is 0 Å². The summed E-state index contributed by atoms with van der Waals surface area (Å²) in [5.41, 5.74) is 9.40. The molecule has 2 aromatic carbocycles. The highest BCUT2D eigenvalue weighted by Gasteiger charge is 2.29. The van der Waals surface area contributed by atoms with Crippen molar-refractivity contribution in [2.75, 3.05) is 0 Å². The standard InChI is InChI=1S/C20H15N4O2P.2H2/c27-20-22-6-15(24-20)11-2-13-8-25-16-3-10(14-5-21-9-23-14)1-12-7-26-17(4-11)19(13)18(12)16;;/h1-6,9H,7-8,27H2,(H,21,23)(H,22,24);2*1H. The fourth-order valence-corrected chi connectivity index (χ4v) is 4.12. The first-order valence-electron chi connectivity index (χ1n) is 8.66. The van der Waals surface area contributed by atoms with Crippen molar-refractivity contribution in [1.29, 1.82) is 0 Å². The van der Waals surface area contributed by atoms with Crippen molar-refractivity contribution in [3.05, 3.63) is 54.1 Å². The minimum Gasteiger partial charge on any atom is -0.488 e. The molecule has 0 saturated heterocycles. The van der Waals surface area contributed by atoms with Crippen molar-refractivity contribution in [2.45, 2.75) is 13.2 Å². The fourth-order valence-electron chi connectivity index (χ4n) is 3.89. The summed E-state index contributed by atoms with van der Waals surface area (Å²) in [5, 5.41) is 0. The molecule has 0 bridgehead atoms. The summed E-state index contributed by atoms with van der Waals surface area (Å²) in [6.07, 6.45) is 5.33. The van der Waals surface area contributed by atoms with E-state index >= 15 is 0 Å². The highest BCUT2D eigenvalue weighted by Crippen LogP contribution is 2.50. The van der Waals surface area contributed by atoms with E-state index in [2.05, 4.69) is 53.4 Å². The zero-order chi connectivity index (χ0) is 18.0. The lowest BCUT2D eigenvalue weighted by Gasteiger charge is -2.30. The van der Waals surface area contributed by atoms with Crippen LogP contribution in [0.2, 0.25) is 0 Å². The van der Waals surface area contributed by atoms with Crippen LogP contribution >= 0.6 is 9.24 Å². The second-order valence-electron chi connectivity index (χ2n) is 6.74. The van der Waals surface area contributed by atoms with Gasteiger partial charge in [-0.05, 0) is 24.3 Å². The highest BCUT2D eigenvalue weighted by molar-refractivity contribution is 7.26. The molecule has 0 aliphatic carbocycles. The van der Waals surface area contributed by atoms with E-state index in [4.69, 9.17) is 9.47 Å². The van der Waals surface area contributed by atoms with Crippen molar-refractivity contribution in [1.82, 2.24) is 19.9 Å². The number of nitrogens with one attached hydrogen (secondary N) is 2. The van der Waals surface area contributed by atoms with Gasteiger partial charge in [0.15, 0.2) is 0 Å². The molecule has 2 aromatic heterocycles. The maximum absolute atomic E-state index is 6.14. The number of ether oxygens (including phenoxy) is 2. The molecule has 2 N–H and O–H groups in total. The van der Waals surface area contributed by atoms with Crippen LogP contribution in [0.4, 0.5) is 0 Å². The van der Waals surface area contributed by atoms with Crippen LogP contribution in [0.5, 0.6) is 11.5 Å². The molecule has 7 heteroatoms. The molecule has 6 nitrogen and oxygen atoms in total. The number of hydrogen-bond acceptors (Lipinski definition) is 4. The first-order chi connectivity index (χ1) is 13.3. The molecule has 1 atom stereocenters. The Morgan fingerprint density at radius 2 is 1.56 bits per heavy atom. The Hall–Kier alpha value is -3.11. The summed E-state index contributed by atoms with van der Waals surface area (Å²) in [5.74, 6) is 1.80. The summed E-state index contributed by atoms with van der Waals surface area (Å²) < 4.78 is 12.3. The van der Waals surface area contributed by atoms with Gasteiger partial charge in [-0.3, -0.25) is 0 Å². The third-order valence-electron chi connectivity index (χ3n) is 5.10. The van der Waals surface area contributed by atoms with E-state index in [1.807, 2.05) is 12.4 Å². The molecule has 0 spiro atoms. The van der Waals surface area contributed by atoms with Crippen molar-refractivity contribution < 1.29 is 12.3 Å². The van der Waals surface area contributed by atoms with Gasteiger partial charge >= 0.3 is 0 Å². The van der Waals surface area contributed by atoms with Gasteiger partial charge < -0.3 is 19.4 Å². The normalized spacial score (nSPS) is 13.7. The first kappa shape index (κ1) is 15.0. The van der Waals surface area contributed by atoms with Crippen LogP contribution in [0.15, 0.2) is 43.0 Å². The lowest BCUT2D eigenvalue weighted by atomic mass is 9.87. The van der Waals surface area contributed by atoms with Crippen LogP contribution in [0, 0.1) is 0 Å². The molecule has 0 amide bonds. The third-order valence-corrected chi connectivity index (χ3v) is 5.39. The van der Waals surface area contributed by atoms with E-state index in [1.165, 1.54) is 0 Å². The van der Waals surface area contributed by atoms with Crippen LogP contribution in [0.1, 0.15) is 14.0 Å². The van der Waals surface area contributed by atoms with Gasteiger partial charge in [0.25, 0.3) is 0 Å². The maximum Gasteiger partial charge on any atom is 0.128 e. The van der Waals surface area contributed by atoms with E-state index in [0.717, 1.165) is 61.8 Å². The SMILES string of the molecule is Pc1ncc(-c2cc3c4c(c2)OCc2cc(-c5cnc[nH]5)cc(c2-4)OC3)[nH]1.[HH].[HH]. The highest BCUT2D eigenvalue weighted by atomic mass is 31.0. The minimum absolute atomic E-state index is 0. The molecule has 4 heterocycles. The number of imidazole rings is 2. The van der Waals surface area contributed by atoms with E-state index in [1.54, 1.807) is 6.33 Å². The lowest BCUT2D eigenvalue weighted by Crippen LogP contribution is -2.15. The van der Waals surface area contributed by atoms with E-state index in [0.29, 0.717) is 13.2 Å². The van der Waals surface area contributed by atoms with E-state index in [-0.39, 0.29) is 2.85 Å². The largest absolute Gasteiger partial charge is 0.488 e. The molecule has 2 aliphatic heterocycles. The summed E-state index contributed by atoms with van der Waals surface area (Å²) in [6.45, 7) is 1.03. The van der Waals surface area contributed by atoms with Gasteiger partial charge in [-0.1, -0.05) is 9.24 Å². The second kappa shape index (κ2) is 5.44. The molecular weight excluding hydrogens is 359 g/mol. The lowest BCUT2D eigenvalue weighted by molar-refractivity contribution is 0.278. The molecule has 136 valence electrons. The summed E-state index contributed by atoms with van der Waals surface area (Å²) in [7, 11) is 2.58. The summed E-state index contributed by atoms with van der Waals surface area (Å²) in [6, 6.07) is 8.46. The molecule has 0 radical (unpaired) electrons. The molecule has 0 fully saturated rings. The second-order valence-corrected chi connectivity index (χ2v) is 7.29. The van der Waals surface area contributed by atoms with Gasteiger partial charge in [-0.2, -0.15) is 0 Å². The number of nitrogens with zero attached hydrogens (tertiary/aromatic N) is 2. The number of hydrogen-bond donors (Lipinski definition) is 2. The zero-order valence-electron chi connectivity index (χ0n) is 14.2. The third kappa shape index (κ3) is 2.23. The average molecular weight is 378 g/mol. The van der Waals surface area contributed by atoms with Crippen molar-refractivity contribution in [2.24, 2.45) is 0 Å². The molecule has 27 heavy (non-hydrogen) atoms. The Morgan fingerprint density at radius 3 is 2.11 bits per heavy atom. The Labute approximate surface area is 160 Å². The Balaban J connectivity index is 0.00000102. The van der Waals surface area contributed by atoms with Crippen LogP contribution in [-0.2, 0) is 13.2 Å². The monoisotopic (exact) mass is 378 g/mol. The molecule has 6 rings (SSSR count). The van der Waals surface area contributed by atoms with Crippen molar-refractivity contribution in [3.63, 3.8) is 0 Å². The number of aromatic nitrogens is 4. The predicted octanol–water partition coefficient (Wildman–Crippen LogP) is 3.91. The van der Waals surface area contributed by atoms with Gasteiger partial charge in [-0.25, -0.2) is 9.97 Å². The van der Waals surface area contributed by atoms with Gasteiger partial charge in [-0.15, -0.1) is 0 Å². The Morgan fingerprint density at radius 1 is 0.889 bits per heavy atom. The summed E-state index contributed by atoms with van der Waals surface area (Å²) >= 11 is 0. The van der Waals surface area contributed by atoms with Crippen LogP contribution in [-0.4, -0.2) is 19.9 Å². The van der Waals surface area contributed by atoms with Crippen molar-refractivity contribution in [3.8, 4) is 45.1 Å². The van der Waals surface area contributed by atoms with E-state index in [9.17, 15) is 0 Å². The molecule has 0 saturated carbocycles. The molecule has 4 aromatic rings. The Bertz CT molecular complexity index is 1160. The predicted molar refractivity (Wildman–Crippen MR) is 109 cm³/mol. The maximum atomic E-state index is 6.14. The quantitative estimate of drug-likeness (QED) is 0.519. The topological polar surface area (TPSA) is 75.8 Å². The van der Waals surface area contributed by atoms with Crippen LogP contribution < -0.4 is 15.0 Å². The fraction of sp³-hybridized carbons (Fsp3) is 0.100. The number of rotatable bonds is 2. The van der Waals surface area contributed by atoms with Crippen LogP contribution in [0.25, 0.3) is 33.6 Å². The first-order valence-corrected chi connectivity index (χ1v) is 9.23. The number of H-pyrrole nitrogens is 2. The van der Waals surface area contributed by atoms with Gasteiger partial charge in [0.05, 0.1) is 30.1 Å².